The highest BCUT2D eigenvalue weighted by atomic mass is 32.1. The van der Waals surface area contributed by atoms with Gasteiger partial charge in [0, 0.05) is 18.5 Å². The Labute approximate surface area is 128 Å². The normalized spacial score (nSPS) is 25.2. The van der Waals surface area contributed by atoms with Gasteiger partial charge in [0.2, 0.25) is 0 Å². The van der Waals surface area contributed by atoms with Crippen LogP contribution in [0.3, 0.4) is 0 Å². The summed E-state index contributed by atoms with van der Waals surface area (Å²) >= 11 is 1.59. The number of rotatable bonds is 6. The molecule has 0 unspecified atom stereocenters. The van der Waals surface area contributed by atoms with Crippen LogP contribution < -0.4 is 0 Å². The Morgan fingerprint density at radius 2 is 2.38 bits per heavy atom. The van der Waals surface area contributed by atoms with Crippen LogP contribution in [0.15, 0.2) is 23.9 Å². The molecule has 0 aliphatic carbocycles. The van der Waals surface area contributed by atoms with E-state index in [1.54, 1.807) is 16.8 Å². The van der Waals surface area contributed by atoms with Gasteiger partial charge in [-0.3, -0.25) is 9.78 Å². The number of thiazole rings is 1. The monoisotopic (exact) mass is 311 g/mol. The molecule has 116 valence electrons. The molecule has 21 heavy (non-hydrogen) atoms. The summed E-state index contributed by atoms with van der Waals surface area (Å²) in [5, 5.41) is 8.61. The predicted molar refractivity (Wildman–Crippen MR) is 80.1 cm³/mol. The lowest BCUT2D eigenvalue weighted by Gasteiger charge is -2.40. The van der Waals surface area contributed by atoms with Crippen molar-refractivity contribution in [1.29, 1.82) is 0 Å². The highest BCUT2D eigenvalue weighted by molar-refractivity contribution is 7.09. The van der Waals surface area contributed by atoms with Gasteiger partial charge in [-0.2, -0.15) is 0 Å². The summed E-state index contributed by atoms with van der Waals surface area (Å²) in [4.78, 5) is 15.7. The van der Waals surface area contributed by atoms with Gasteiger partial charge in [-0.1, -0.05) is 12.2 Å². The lowest BCUT2D eigenvalue weighted by Crippen LogP contribution is -2.41. The van der Waals surface area contributed by atoms with Crippen LogP contribution in [0, 0.1) is 5.92 Å². The maximum atomic E-state index is 10.5. The zero-order valence-corrected chi connectivity index (χ0v) is 13.1. The molecular weight excluding hydrogens is 290 g/mol. The molecule has 1 N–H and O–H groups in total. The van der Waals surface area contributed by atoms with E-state index in [-0.39, 0.29) is 18.4 Å². The molecule has 2 rings (SSSR count). The van der Waals surface area contributed by atoms with Crippen LogP contribution in [-0.2, 0) is 14.3 Å². The number of allylic oxidation sites excluding steroid dienone is 2. The van der Waals surface area contributed by atoms with Crippen molar-refractivity contribution in [1.82, 2.24) is 4.98 Å². The van der Waals surface area contributed by atoms with Crippen LogP contribution in [0.4, 0.5) is 0 Å². The van der Waals surface area contributed by atoms with Crippen molar-refractivity contribution in [2.24, 2.45) is 5.92 Å². The minimum atomic E-state index is -0.770. The Bertz CT molecular complexity index is 484. The molecule has 0 amide bonds. The molecule has 2 heterocycles. The standard InChI is InChI=1S/C15H21NO4S/c1-15(2)19-9-11(6-4-3-5-7-13(17)18)14(20-15)12-8-16-10-21-12/h3-4,8,10-11,14H,5-7,9H2,1-2H3,(H,17,18)/b4-3-/t11-,14+/m1/s1. The van der Waals surface area contributed by atoms with Crippen molar-refractivity contribution in [2.45, 2.75) is 45.0 Å². The maximum Gasteiger partial charge on any atom is 0.303 e. The zero-order valence-electron chi connectivity index (χ0n) is 12.3. The van der Waals surface area contributed by atoms with Crippen molar-refractivity contribution in [2.75, 3.05) is 6.61 Å². The third kappa shape index (κ3) is 4.91. The van der Waals surface area contributed by atoms with Crippen LogP contribution in [-0.4, -0.2) is 28.5 Å². The van der Waals surface area contributed by atoms with Gasteiger partial charge in [-0.15, -0.1) is 11.3 Å². The second-order valence-corrected chi connectivity index (χ2v) is 6.47. The second-order valence-electron chi connectivity index (χ2n) is 5.55. The number of aliphatic carboxylic acids is 1. The van der Waals surface area contributed by atoms with Crippen molar-refractivity contribution in [3.05, 3.63) is 28.7 Å². The fraction of sp³-hybridized carbons (Fsp3) is 0.600. The summed E-state index contributed by atoms with van der Waals surface area (Å²) in [6.45, 7) is 4.46. The van der Waals surface area contributed by atoms with Crippen molar-refractivity contribution in [3.8, 4) is 0 Å². The molecule has 0 bridgehead atoms. The molecule has 0 aromatic carbocycles. The molecule has 1 fully saturated rings. The minimum Gasteiger partial charge on any atom is -0.481 e. The molecule has 1 aliphatic rings. The number of aromatic nitrogens is 1. The van der Waals surface area contributed by atoms with E-state index in [9.17, 15) is 4.79 Å². The summed E-state index contributed by atoms with van der Waals surface area (Å²) < 4.78 is 11.8. The molecule has 1 aromatic heterocycles. The zero-order chi connectivity index (χ0) is 15.3. The molecule has 1 aliphatic heterocycles. The van der Waals surface area contributed by atoms with E-state index < -0.39 is 11.8 Å². The third-order valence-electron chi connectivity index (χ3n) is 3.35. The lowest BCUT2D eigenvalue weighted by molar-refractivity contribution is -0.294. The van der Waals surface area contributed by atoms with Crippen LogP contribution in [0.2, 0.25) is 0 Å². The Balaban J connectivity index is 1.95. The van der Waals surface area contributed by atoms with Crippen LogP contribution in [0.5, 0.6) is 0 Å². The van der Waals surface area contributed by atoms with Gasteiger partial charge in [-0.05, 0) is 26.7 Å². The number of carbonyl (C=O) groups is 1. The molecule has 0 spiro atoms. The first-order valence-corrected chi connectivity index (χ1v) is 7.93. The SMILES string of the molecule is CC1(C)OC[C@@H](C/C=C\CCC(=O)O)[C@@H](c2cncs2)O1. The van der Waals surface area contributed by atoms with Crippen molar-refractivity contribution >= 4 is 17.3 Å². The first kappa shape index (κ1) is 16.1. The molecular formula is C15H21NO4S. The quantitative estimate of drug-likeness (QED) is 0.816. The summed E-state index contributed by atoms with van der Waals surface area (Å²) in [5.74, 6) is -1.13. The van der Waals surface area contributed by atoms with Gasteiger partial charge in [0.15, 0.2) is 5.79 Å². The van der Waals surface area contributed by atoms with Crippen molar-refractivity contribution < 1.29 is 19.4 Å². The Morgan fingerprint density at radius 1 is 1.57 bits per heavy atom. The van der Waals surface area contributed by atoms with E-state index in [4.69, 9.17) is 14.6 Å². The number of hydrogen-bond donors (Lipinski definition) is 1. The van der Waals surface area contributed by atoms with E-state index in [0.29, 0.717) is 13.0 Å². The fourth-order valence-electron chi connectivity index (χ4n) is 2.27. The number of nitrogens with zero attached hydrogens (tertiary/aromatic N) is 1. The molecule has 1 saturated heterocycles. The summed E-state index contributed by atoms with van der Waals surface area (Å²) in [7, 11) is 0. The Hall–Kier alpha value is -1.24. The number of ether oxygens (including phenoxy) is 2. The van der Waals surface area contributed by atoms with Gasteiger partial charge in [0.25, 0.3) is 0 Å². The van der Waals surface area contributed by atoms with Gasteiger partial charge >= 0.3 is 5.97 Å². The van der Waals surface area contributed by atoms with E-state index in [1.807, 2.05) is 32.2 Å². The third-order valence-corrected chi connectivity index (χ3v) is 4.18. The fourth-order valence-corrected chi connectivity index (χ4v) is 3.01. The molecule has 5 nitrogen and oxygen atoms in total. The topological polar surface area (TPSA) is 68.7 Å². The largest absolute Gasteiger partial charge is 0.481 e. The first-order chi connectivity index (χ1) is 9.98. The highest BCUT2D eigenvalue weighted by Crippen LogP contribution is 2.39. The smallest absolute Gasteiger partial charge is 0.303 e. The highest BCUT2D eigenvalue weighted by Gasteiger charge is 2.37. The molecule has 0 saturated carbocycles. The maximum absolute atomic E-state index is 10.5. The molecule has 6 heteroatoms. The van der Waals surface area contributed by atoms with Crippen LogP contribution >= 0.6 is 11.3 Å². The minimum absolute atomic E-state index is 0.0228. The lowest BCUT2D eigenvalue weighted by atomic mass is 9.96. The first-order valence-electron chi connectivity index (χ1n) is 7.05. The van der Waals surface area contributed by atoms with E-state index in [2.05, 4.69) is 4.98 Å². The predicted octanol–water partition coefficient (Wildman–Crippen LogP) is 3.39. The average molecular weight is 311 g/mol. The van der Waals surface area contributed by atoms with Gasteiger partial charge < -0.3 is 14.6 Å². The van der Waals surface area contributed by atoms with E-state index >= 15 is 0 Å². The number of carboxylic acids is 1. The number of hydrogen-bond acceptors (Lipinski definition) is 5. The molecule has 0 radical (unpaired) electrons. The van der Waals surface area contributed by atoms with Gasteiger partial charge in [0.05, 0.1) is 17.0 Å². The number of carboxylic acid groups (broad SMARTS) is 1. The summed E-state index contributed by atoms with van der Waals surface area (Å²) in [6.07, 6.45) is 7.28. The average Bonchev–Trinajstić information content (AvgIpc) is 2.93. The van der Waals surface area contributed by atoms with E-state index in [0.717, 1.165) is 11.3 Å². The summed E-state index contributed by atoms with van der Waals surface area (Å²) in [6, 6.07) is 0. The summed E-state index contributed by atoms with van der Waals surface area (Å²) in [5.41, 5.74) is 1.81. The van der Waals surface area contributed by atoms with Gasteiger partial charge in [-0.25, -0.2) is 0 Å². The Kier molecular flexibility index (Phi) is 5.50. The van der Waals surface area contributed by atoms with Crippen LogP contribution in [0.25, 0.3) is 0 Å². The second kappa shape index (κ2) is 7.15. The molecule has 2 atom stereocenters. The molecule has 1 aromatic rings. The van der Waals surface area contributed by atoms with Crippen molar-refractivity contribution in [3.63, 3.8) is 0 Å². The van der Waals surface area contributed by atoms with Crippen LogP contribution in [0.1, 0.15) is 44.1 Å². The van der Waals surface area contributed by atoms with E-state index in [1.165, 1.54) is 0 Å². The Morgan fingerprint density at radius 3 is 3.05 bits per heavy atom. The van der Waals surface area contributed by atoms with Gasteiger partial charge in [0.1, 0.15) is 6.10 Å².